The number of fused-ring (bicyclic) bond motifs is 1. The first kappa shape index (κ1) is 29.7. The van der Waals surface area contributed by atoms with Crippen molar-refractivity contribution in [3.63, 3.8) is 0 Å². The van der Waals surface area contributed by atoms with E-state index < -0.39 is 6.09 Å². The Morgan fingerprint density at radius 2 is 1.71 bits per heavy atom. The molecule has 0 fully saturated rings. The predicted octanol–water partition coefficient (Wildman–Crippen LogP) is 4.25. The van der Waals surface area contributed by atoms with E-state index in [2.05, 4.69) is 15.6 Å². The van der Waals surface area contributed by atoms with Crippen molar-refractivity contribution in [3.8, 4) is 0 Å². The summed E-state index contributed by atoms with van der Waals surface area (Å²) < 4.78 is 11.8. The van der Waals surface area contributed by atoms with Crippen LogP contribution in [0.15, 0.2) is 66.9 Å². The quantitative estimate of drug-likeness (QED) is 0.137. The molecule has 3 N–H and O–H groups in total. The molecule has 0 atom stereocenters. The lowest BCUT2D eigenvalue weighted by molar-refractivity contribution is -0.142. The summed E-state index contributed by atoms with van der Waals surface area (Å²) in [5.74, 6) is 0.455. The Hall–Kier alpha value is -5.26. The average molecular weight is 572 g/mol. The summed E-state index contributed by atoms with van der Waals surface area (Å²) in [4.78, 5) is 47.6. The van der Waals surface area contributed by atoms with Crippen LogP contribution >= 0.6 is 0 Å². The van der Waals surface area contributed by atoms with Crippen molar-refractivity contribution in [2.45, 2.75) is 26.8 Å². The minimum atomic E-state index is -0.669. The Kier molecular flexibility index (Phi) is 9.82. The van der Waals surface area contributed by atoms with Gasteiger partial charge in [0.15, 0.2) is 0 Å². The van der Waals surface area contributed by atoms with Gasteiger partial charge >= 0.3 is 12.1 Å². The van der Waals surface area contributed by atoms with Crippen LogP contribution in [0.3, 0.4) is 0 Å². The molecule has 0 bridgehead atoms. The number of amidine groups is 1. The molecule has 0 aliphatic heterocycles. The van der Waals surface area contributed by atoms with Crippen LogP contribution in [0.1, 0.15) is 42.0 Å². The highest BCUT2D eigenvalue weighted by molar-refractivity contribution is 6.07. The number of benzene rings is 2. The fourth-order valence-corrected chi connectivity index (χ4v) is 4.24. The molecular weight excluding hydrogens is 538 g/mol. The van der Waals surface area contributed by atoms with Crippen LogP contribution in [-0.4, -0.2) is 58.1 Å². The van der Waals surface area contributed by atoms with Gasteiger partial charge in [-0.25, -0.2) is 14.8 Å². The number of carbonyl (C=O) groups excluding carboxylic acids is 3. The van der Waals surface area contributed by atoms with E-state index in [1.54, 1.807) is 74.6 Å². The Labute approximate surface area is 243 Å². The summed E-state index contributed by atoms with van der Waals surface area (Å²) in [5, 5.41) is 13.7. The fraction of sp³-hybridized carbons (Fsp3) is 0.267. The van der Waals surface area contributed by atoms with Crippen LogP contribution in [0.4, 0.5) is 16.3 Å². The predicted molar refractivity (Wildman–Crippen MR) is 159 cm³/mol. The molecule has 0 radical (unpaired) electrons. The first-order valence-electron chi connectivity index (χ1n) is 13.5. The first-order chi connectivity index (χ1) is 20.3. The van der Waals surface area contributed by atoms with Gasteiger partial charge in [0.25, 0.3) is 5.91 Å². The van der Waals surface area contributed by atoms with Crippen molar-refractivity contribution in [2.75, 3.05) is 30.0 Å². The molecule has 2 amide bonds. The highest BCUT2D eigenvalue weighted by Gasteiger charge is 2.21. The first-order valence-corrected chi connectivity index (χ1v) is 13.5. The number of nitrogens with one attached hydrogen (secondary N) is 3. The largest absolute Gasteiger partial charge is 0.466 e. The van der Waals surface area contributed by atoms with Gasteiger partial charge in [-0.3, -0.25) is 25.2 Å². The molecule has 0 saturated carbocycles. The van der Waals surface area contributed by atoms with Gasteiger partial charge in [-0.05, 0) is 68.4 Å². The van der Waals surface area contributed by atoms with Crippen molar-refractivity contribution in [2.24, 2.45) is 7.05 Å². The normalized spacial score (nSPS) is 10.6. The number of amides is 2. The number of nitrogens with zero attached hydrogens (tertiary/aromatic N) is 4. The highest BCUT2D eigenvalue weighted by atomic mass is 16.5. The number of imidazole rings is 1. The zero-order valence-electron chi connectivity index (χ0n) is 23.7. The summed E-state index contributed by atoms with van der Waals surface area (Å²) in [6.45, 7) is 4.47. The van der Waals surface area contributed by atoms with Crippen LogP contribution in [0, 0.1) is 5.41 Å². The molecule has 2 heterocycles. The van der Waals surface area contributed by atoms with Gasteiger partial charge in [-0.1, -0.05) is 6.07 Å². The smallest absolute Gasteiger partial charge is 0.412 e. The Balaban J connectivity index is 1.47. The molecular formula is C30H33N7O5. The van der Waals surface area contributed by atoms with Gasteiger partial charge in [0, 0.05) is 36.6 Å². The van der Waals surface area contributed by atoms with E-state index in [0.717, 1.165) is 17.0 Å². The van der Waals surface area contributed by atoms with Crippen molar-refractivity contribution in [1.82, 2.24) is 19.9 Å². The third-order valence-corrected chi connectivity index (χ3v) is 6.36. The topological polar surface area (TPSA) is 152 Å². The lowest BCUT2D eigenvalue weighted by Crippen LogP contribution is -2.34. The number of ether oxygens (including phenoxy) is 2. The molecule has 4 rings (SSSR count). The average Bonchev–Trinajstić information content (AvgIpc) is 3.31. The summed E-state index contributed by atoms with van der Waals surface area (Å²) in [7, 11) is 1.90. The van der Waals surface area contributed by atoms with Gasteiger partial charge in [-0.15, -0.1) is 0 Å². The maximum absolute atomic E-state index is 13.6. The van der Waals surface area contributed by atoms with E-state index in [1.807, 2.05) is 17.7 Å². The number of aromatic nitrogens is 3. The number of hydrogen-bond donors (Lipinski definition) is 3. The van der Waals surface area contributed by atoms with Crippen LogP contribution in [0.5, 0.6) is 0 Å². The minimum absolute atomic E-state index is 0.0435. The van der Waals surface area contributed by atoms with E-state index in [9.17, 15) is 14.4 Å². The summed E-state index contributed by atoms with van der Waals surface area (Å²) in [6, 6.07) is 17.6. The van der Waals surface area contributed by atoms with Crippen LogP contribution in [0.25, 0.3) is 11.0 Å². The van der Waals surface area contributed by atoms with Crippen molar-refractivity contribution in [1.29, 1.82) is 5.41 Å². The molecule has 0 unspecified atom stereocenters. The number of rotatable bonds is 11. The molecule has 12 nitrogen and oxygen atoms in total. The van der Waals surface area contributed by atoms with Gasteiger partial charge < -0.3 is 19.4 Å². The zero-order valence-corrected chi connectivity index (χ0v) is 23.7. The summed E-state index contributed by atoms with van der Waals surface area (Å²) in [6.07, 6.45) is 0.971. The van der Waals surface area contributed by atoms with Crippen molar-refractivity contribution >= 4 is 46.3 Å². The number of hydrogen-bond acceptors (Lipinski definition) is 9. The maximum Gasteiger partial charge on any atom is 0.412 e. The minimum Gasteiger partial charge on any atom is -0.466 e. The molecule has 42 heavy (non-hydrogen) atoms. The maximum atomic E-state index is 13.6. The second-order valence-electron chi connectivity index (χ2n) is 9.14. The SMILES string of the molecule is CCOC(=O)CCN(C(=O)c1ccc2c(c1)nc(CNc1ccc(C(=N)NC(=O)OCC)cc1)n2C)c1ccccn1. The van der Waals surface area contributed by atoms with Crippen LogP contribution < -0.4 is 15.5 Å². The molecule has 12 heteroatoms. The molecule has 0 saturated heterocycles. The van der Waals surface area contributed by atoms with E-state index in [0.29, 0.717) is 29.0 Å². The van der Waals surface area contributed by atoms with E-state index >= 15 is 0 Å². The third kappa shape index (κ3) is 7.27. The third-order valence-electron chi connectivity index (χ3n) is 6.36. The molecule has 218 valence electrons. The number of aryl methyl sites for hydroxylation is 1. The highest BCUT2D eigenvalue weighted by Crippen LogP contribution is 2.21. The van der Waals surface area contributed by atoms with Crippen LogP contribution in [0.2, 0.25) is 0 Å². The van der Waals surface area contributed by atoms with Gasteiger partial charge in [0.05, 0.1) is 37.2 Å². The standard InChI is InChI=1S/C30H33N7O5/c1-4-41-27(38)15-17-37(25-8-6-7-16-32-25)29(39)21-11-14-24-23(18-21)34-26(36(24)3)19-33-22-12-9-20(10-13-22)28(31)35-30(40)42-5-2/h6-14,16,18,33H,4-5,15,17,19H2,1-3H3,(H2,31,35,40). The Morgan fingerprint density at radius 1 is 0.976 bits per heavy atom. The second-order valence-corrected chi connectivity index (χ2v) is 9.14. The summed E-state index contributed by atoms with van der Waals surface area (Å²) in [5.41, 5.74) is 3.27. The monoisotopic (exact) mass is 571 g/mol. The van der Waals surface area contributed by atoms with Crippen molar-refractivity contribution < 1.29 is 23.9 Å². The Morgan fingerprint density at radius 3 is 2.40 bits per heavy atom. The lowest BCUT2D eigenvalue weighted by atomic mass is 10.1. The van der Waals surface area contributed by atoms with E-state index in [-0.39, 0.29) is 43.9 Å². The van der Waals surface area contributed by atoms with E-state index in [1.165, 1.54) is 4.90 Å². The molecule has 0 spiro atoms. The van der Waals surface area contributed by atoms with Crippen molar-refractivity contribution in [3.05, 3.63) is 83.8 Å². The summed E-state index contributed by atoms with van der Waals surface area (Å²) >= 11 is 0. The van der Waals surface area contributed by atoms with Crippen LogP contribution in [-0.2, 0) is 27.9 Å². The fourth-order valence-electron chi connectivity index (χ4n) is 4.24. The molecule has 2 aromatic heterocycles. The lowest BCUT2D eigenvalue weighted by Gasteiger charge is -2.21. The van der Waals surface area contributed by atoms with Gasteiger partial charge in [0.2, 0.25) is 0 Å². The second kappa shape index (κ2) is 13.9. The number of pyridine rings is 1. The number of esters is 1. The number of carbonyl (C=O) groups is 3. The molecule has 0 aliphatic carbocycles. The Bertz CT molecular complexity index is 1570. The molecule has 4 aromatic rings. The van der Waals surface area contributed by atoms with E-state index in [4.69, 9.17) is 19.9 Å². The number of alkyl carbamates (subject to hydrolysis) is 1. The molecule has 2 aromatic carbocycles. The van der Waals surface area contributed by atoms with Gasteiger partial charge in [0.1, 0.15) is 17.5 Å². The van der Waals surface area contributed by atoms with Gasteiger partial charge in [-0.2, -0.15) is 0 Å². The number of anilines is 2. The molecule has 0 aliphatic rings. The zero-order chi connectivity index (χ0) is 30.1.